The molecule has 0 bridgehead atoms. The summed E-state index contributed by atoms with van der Waals surface area (Å²) in [4.78, 5) is 34.6. The lowest BCUT2D eigenvalue weighted by atomic mass is 10.1. The van der Waals surface area contributed by atoms with Crippen molar-refractivity contribution in [3.05, 3.63) is 71.9 Å². The van der Waals surface area contributed by atoms with Crippen molar-refractivity contribution in [2.45, 2.75) is 0 Å². The summed E-state index contributed by atoms with van der Waals surface area (Å²) < 4.78 is 5.71. The van der Waals surface area contributed by atoms with Crippen molar-refractivity contribution < 1.29 is 14.3 Å². The summed E-state index contributed by atoms with van der Waals surface area (Å²) in [5, 5.41) is 0. The Balaban J connectivity index is 1.71. The number of hydrogen-bond donors (Lipinski definition) is 1. The molecule has 0 fully saturated rings. The van der Waals surface area contributed by atoms with Gasteiger partial charge in [-0.3, -0.25) is 9.59 Å². The zero-order valence-electron chi connectivity index (χ0n) is 14.3. The number of para-hydroxylation sites is 1. The molecule has 7 nitrogen and oxygen atoms in total. The molecule has 0 aliphatic carbocycles. The summed E-state index contributed by atoms with van der Waals surface area (Å²) in [6, 6.07) is 16.1. The Kier molecular flexibility index (Phi) is 4.25. The SMILES string of the molecule is NC(=O)c1cccc(-c2ncc3c(n2)OCCN(c2ccccc2)C3=O)c1. The number of fused-ring (bicyclic) bond motifs is 1. The number of primary amides is 1. The number of benzene rings is 2. The van der Waals surface area contributed by atoms with Crippen molar-refractivity contribution in [2.75, 3.05) is 18.1 Å². The van der Waals surface area contributed by atoms with Gasteiger partial charge in [0, 0.05) is 23.0 Å². The number of ether oxygens (including phenoxy) is 1. The summed E-state index contributed by atoms with van der Waals surface area (Å²) in [7, 11) is 0. The maximum absolute atomic E-state index is 12.9. The van der Waals surface area contributed by atoms with E-state index < -0.39 is 5.91 Å². The lowest BCUT2D eigenvalue weighted by Gasteiger charge is -2.19. The van der Waals surface area contributed by atoms with E-state index in [0.717, 1.165) is 5.69 Å². The molecular weight excluding hydrogens is 344 g/mol. The number of anilines is 1. The number of carbonyl (C=O) groups excluding carboxylic acids is 2. The van der Waals surface area contributed by atoms with E-state index in [1.165, 1.54) is 6.20 Å². The van der Waals surface area contributed by atoms with Crippen molar-refractivity contribution in [1.29, 1.82) is 0 Å². The van der Waals surface area contributed by atoms with Crippen LogP contribution in [-0.4, -0.2) is 34.9 Å². The molecule has 27 heavy (non-hydrogen) atoms. The smallest absolute Gasteiger partial charge is 0.265 e. The van der Waals surface area contributed by atoms with E-state index in [1.807, 2.05) is 30.3 Å². The predicted molar refractivity (Wildman–Crippen MR) is 99.6 cm³/mol. The first-order valence-corrected chi connectivity index (χ1v) is 8.40. The standard InChI is InChI=1S/C20H16N4O3/c21-17(25)13-5-4-6-14(11-13)18-22-12-16-19(23-18)27-10-9-24(20(16)26)15-7-2-1-3-8-15/h1-8,11-12H,9-10H2,(H2,21,25). The summed E-state index contributed by atoms with van der Waals surface area (Å²) in [5.41, 5.74) is 7.39. The second kappa shape index (κ2) is 6.87. The van der Waals surface area contributed by atoms with Gasteiger partial charge in [-0.2, -0.15) is 4.98 Å². The first kappa shape index (κ1) is 16.7. The lowest BCUT2D eigenvalue weighted by Crippen LogP contribution is -2.32. The van der Waals surface area contributed by atoms with Crippen LogP contribution in [0, 0.1) is 0 Å². The number of carbonyl (C=O) groups is 2. The van der Waals surface area contributed by atoms with E-state index in [0.29, 0.717) is 35.7 Å². The summed E-state index contributed by atoms with van der Waals surface area (Å²) in [5.74, 6) is -0.159. The molecule has 2 amide bonds. The van der Waals surface area contributed by atoms with Crippen LogP contribution in [0.3, 0.4) is 0 Å². The van der Waals surface area contributed by atoms with Crippen LogP contribution < -0.4 is 15.4 Å². The van der Waals surface area contributed by atoms with Crippen molar-refractivity contribution in [3.8, 4) is 17.3 Å². The first-order valence-electron chi connectivity index (χ1n) is 8.40. The highest BCUT2D eigenvalue weighted by atomic mass is 16.5. The van der Waals surface area contributed by atoms with Gasteiger partial charge >= 0.3 is 0 Å². The van der Waals surface area contributed by atoms with Gasteiger partial charge in [-0.05, 0) is 24.3 Å². The average molecular weight is 360 g/mol. The fourth-order valence-corrected chi connectivity index (χ4v) is 2.91. The van der Waals surface area contributed by atoms with E-state index >= 15 is 0 Å². The molecule has 1 aliphatic rings. The van der Waals surface area contributed by atoms with Gasteiger partial charge in [0.15, 0.2) is 5.82 Å². The molecule has 0 radical (unpaired) electrons. The maximum Gasteiger partial charge on any atom is 0.265 e. The molecule has 0 atom stereocenters. The van der Waals surface area contributed by atoms with E-state index in [2.05, 4.69) is 9.97 Å². The molecule has 0 saturated carbocycles. The molecule has 2 heterocycles. The van der Waals surface area contributed by atoms with Crippen molar-refractivity contribution in [2.24, 2.45) is 5.73 Å². The zero-order chi connectivity index (χ0) is 18.8. The third-order valence-corrected chi connectivity index (χ3v) is 4.26. The van der Waals surface area contributed by atoms with E-state index in [-0.39, 0.29) is 11.8 Å². The molecule has 1 aliphatic heterocycles. The maximum atomic E-state index is 12.9. The van der Waals surface area contributed by atoms with Crippen LogP contribution in [0.4, 0.5) is 5.69 Å². The molecule has 0 unspecified atom stereocenters. The molecule has 2 N–H and O–H groups in total. The molecular formula is C20H16N4O3. The van der Waals surface area contributed by atoms with Crippen LogP contribution in [0.1, 0.15) is 20.7 Å². The number of hydrogen-bond acceptors (Lipinski definition) is 5. The molecule has 2 aromatic carbocycles. The molecule has 4 rings (SSSR count). The zero-order valence-corrected chi connectivity index (χ0v) is 14.3. The topological polar surface area (TPSA) is 98.4 Å². The number of nitrogens with two attached hydrogens (primary N) is 1. The van der Waals surface area contributed by atoms with Gasteiger partial charge < -0.3 is 15.4 Å². The average Bonchev–Trinajstić information content (AvgIpc) is 2.87. The largest absolute Gasteiger partial charge is 0.475 e. The Morgan fingerprint density at radius 1 is 1.11 bits per heavy atom. The van der Waals surface area contributed by atoms with Crippen LogP contribution in [0.25, 0.3) is 11.4 Å². The molecule has 7 heteroatoms. The Morgan fingerprint density at radius 3 is 2.70 bits per heavy atom. The summed E-state index contributed by atoms with van der Waals surface area (Å²) in [6.45, 7) is 0.719. The van der Waals surface area contributed by atoms with Crippen LogP contribution in [0.15, 0.2) is 60.8 Å². The molecule has 134 valence electrons. The van der Waals surface area contributed by atoms with E-state index in [9.17, 15) is 9.59 Å². The Hall–Kier alpha value is -3.74. The number of nitrogens with zero attached hydrogens (tertiary/aromatic N) is 3. The highest BCUT2D eigenvalue weighted by molar-refractivity contribution is 6.07. The van der Waals surface area contributed by atoms with Gasteiger partial charge in [0.1, 0.15) is 12.2 Å². The van der Waals surface area contributed by atoms with Gasteiger partial charge in [0.2, 0.25) is 11.8 Å². The molecule has 0 spiro atoms. The number of amides is 2. The van der Waals surface area contributed by atoms with Crippen LogP contribution in [-0.2, 0) is 0 Å². The number of aromatic nitrogens is 2. The second-order valence-corrected chi connectivity index (χ2v) is 6.00. The highest BCUT2D eigenvalue weighted by Gasteiger charge is 2.26. The first-order chi connectivity index (χ1) is 13.1. The monoisotopic (exact) mass is 360 g/mol. The molecule has 3 aromatic rings. The Bertz CT molecular complexity index is 1020. The third-order valence-electron chi connectivity index (χ3n) is 4.26. The van der Waals surface area contributed by atoms with Crippen LogP contribution in [0.5, 0.6) is 5.88 Å². The third kappa shape index (κ3) is 3.22. The lowest BCUT2D eigenvalue weighted by molar-refractivity contribution is 0.0985. The van der Waals surface area contributed by atoms with Gasteiger partial charge in [0.25, 0.3) is 5.91 Å². The predicted octanol–water partition coefficient (Wildman–Crippen LogP) is 2.28. The summed E-state index contributed by atoms with van der Waals surface area (Å²) in [6.07, 6.45) is 1.46. The highest BCUT2D eigenvalue weighted by Crippen LogP contribution is 2.27. The number of rotatable bonds is 3. The van der Waals surface area contributed by atoms with E-state index in [4.69, 9.17) is 10.5 Å². The van der Waals surface area contributed by atoms with Gasteiger partial charge in [-0.25, -0.2) is 4.98 Å². The quantitative estimate of drug-likeness (QED) is 0.773. The Labute approximate surface area is 155 Å². The summed E-state index contributed by atoms with van der Waals surface area (Å²) >= 11 is 0. The van der Waals surface area contributed by atoms with Crippen molar-refractivity contribution in [1.82, 2.24) is 9.97 Å². The van der Waals surface area contributed by atoms with Gasteiger partial charge in [0.05, 0.1) is 6.54 Å². The minimum atomic E-state index is -0.531. The normalized spacial score (nSPS) is 13.5. The molecule has 0 saturated heterocycles. The second-order valence-electron chi connectivity index (χ2n) is 6.00. The van der Waals surface area contributed by atoms with Gasteiger partial charge in [-0.15, -0.1) is 0 Å². The Morgan fingerprint density at radius 2 is 1.93 bits per heavy atom. The minimum Gasteiger partial charge on any atom is -0.475 e. The van der Waals surface area contributed by atoms with Gasteiger partial charge in [-0.1, -0.05) is 30.3 Å². The minimum absolute atomic E-state index is 0.217. The van der Waals surface area contributed by atoms with Crippen LogP contribution >= 0.6 is 0 Å². The van der Waals surface area contributed by atoms with Crippen molar-refractivity contribution in [3.63, 3.8) is 0 Å². The van der Waals surface area contributed by atoms with Crippen molar-refractivity contribution >= 4 is 17.5 Å². The molecule has 1 aromatic heterocycles. The van der Waals surface area contributed by atoms with E-state index in [1.54, 1.807) is 29.2 Å². The fraction of sp³-hybridized carbons (Fsp3) is 0.100. The van der Waals surface area contributed by atoms with Crippen LogP contribution in [0.2, 0.25) is 0 Å². The fourth-order valence-electron chi connectivity index (χ4n) is 2.91.